The van der Waals surface area contributed by atoms with Crippen molar-refractivity contribution < 1.29 is 9.47 Å². The average molecular weight is 272 g/mol. The van der Waals surface area contributed by atoms with E-state index in [1.54, 1.807) is 0 Å². The normalized spacial score (nSPS) is 12.6. The Morgan fingerprint density at radius 3 is 2.86 bits per heavy atom. The number of benzene rings is 1. The third kappa shape index (κ3) is 1.81. The summed E-state index contributed by atoms with van der Waals surface area (Å²) >= 11 is 4.62. The summed E-state index contributed by atoms with van der Waals surface area (Å²) in [5.74, 6) is 2.15. The number of hydrogen-bond acceptors (Lipinski definition) is 4. The van der Waals surface area contributed by atoms with Crippen LogP contribution in [0.3, 0.4) is 0 Å². The van der Waals surface area contributed by atoms with E-state index >= 15 is 0 Å². The van der Waals surface area contributed by atoms with Crippen molar-refractivity contribution in [1.29, 1.82) is 5.26 Å². The van der Waals surface area contributed by atoms with Gasteiger partial charge < -0.3 is 9.47 Å². The highest BCUT2D eigenvalue weighted by atomic mass is 79.9. The Balaban J connectivity index is 2.29. The third-order valence-electron chi connectivity index (χ3n) is 1.83. The van der Waals surface area contributed by atoms with E-state index in [1.165, 1.54) is 11.8 Å². The number of thioether (sulfide) groups is 1. The van der Waals surface area contributed by atoms with Crippen LogP contribution < -0.4 is 9.47 Å². The maximum absolute atomic E-state index is 8.45. The molecule has 0 fully saturated rings. The van der Waals surface area contributed by atoms with E-state index in [1.807, 2.05) is 17.5 Å². The van der Waals surface area contributed by atoms with Gasteiger partial charge in [-0.15, -0.1) is 0 Å². The van der Waals surface area contributed by atoms with Gasteiger partial charge in [-0.3, -0.25) is 0 Å². The van der Waals surface area contributed by atoms with Crippen LogP contribution in [0, 0.1) is 10.7 Å². The highest BCUT2D eigenvalue weighted by Gasteiger charge is 2.15. The van der Waals surface area contributed by atoms with Crippen molar-refractivity contribution in [1.82, 2.24) is 0 Å². The second-order valence-electron chi connectivity index (χ2n) is 2.68. The Hall–Kier alpha value is -0.860. The van der Waals surface area contributed by atoms with Crippen LogP contribution in [0.25, 0.3) is 0 Å². The largest absolute Gasteiger partial charge is 0.454 e. The van der Waals surface area contributed by atoms with Crippen molar-refractivity contribution in [2.45, 2.75) is 5.75 Å². The number of fused-ring (bicyclic) bond motifs is 1. The fraction of sp³-hybridized carbons (Fsp3) is 0.222. The molecule has 1 aliphatic rings. The second-order valence-corrected chi connectivity index (χ2v) is 4.29. The summed E-state index contributed by atoms with van der Waals surface area (Å²) in [6, 6.07) is 3.77. The van der Waals surface area contributed by atoms with Crippen LogP contribution >= 0.6 is 27.7 Å². The molecule has 1 aromatic rings. The molecule has 3 nitrogen and oxygen atoms in total. The van der Waals surface area contributed by atoms with Crippen LogP contribution in [0.5, 0.6) is 11.5 Å². The molecular formula is C9H6BrNO2S. The molecule has 1 aromatic carbocycles. The van der Waals surface area contributed by atoms with Gasteiger partial charge >= 0.3 is 0 Å². The molecule has 72 valence electrons. The maximum Gasteiger partial charge on any atom is 0.231 e. The van der Waals surface area contributed by atoms with Gasteiger partial charge in [-0.25, -0.2) is 0 Å². The zero-order chi connectivity index (χ0) is 9.97. The number of hydrogen-bond donors (Lipinski definition) is 0. The fourth-order valence-electron chi connectivity index (χ4n) is 1.18. The molecule has 0 aromatic heterocycles. The van der Waals surface area contributed by atoms with Crippen molar-refractivity contribution in [2.75, 3.05) is 6.79 Å². The molecule has 0 amide bonds. The van der Waals surface area contributed by atoms with Gasteiger partial charge in [0, 0.05) is 10.2 Å². The Morgan fingerprint density at radius 2 is 2.14 bits per heavy atom. The first kappa shape index (κ1) is 9.69. The molecule has 0 N–H and O–H groups in total. The molecular weight excluding hydrogens is 266 g/mol. The smallest absolute Gasteiger partial charge is 0.231 e. The van der Waals surface area contributed by atoms with Crippen LogP contribution in [0.1, 0.15) is 5.56 Å². The molecule has 0 saturated heterocycles. The lowest BCUT2D eigenvalue weighted by atomic mass is 10.2. The summed E-state index contributed by atoms with van der Waals surface area (Å²) in [5, 5.41) is 10.5. The summed E-state index contributed by atoms with van der Waals surface area (Å²) < 4.78 is 11.4. The lowest BCUT2D eigenvalue weighted by Crippen LogP contribution is -1.92. The van der Waals surface area contributed by atoms with Crippen LogP contribution in [-0.2, 0) is 5.75 Å². The van der Waals surface area contributed by atoms with Gasteiger partial charge in [-0.1, -0.05) is 15.9 Å². The highest BCUT2D eigenvalue weighted by Crippen LogP contribution is 2.37. The van der Waals surface area contributed by atoms with E-state index in [0.717, 1.165) is 21.5 Å². The highest BCUT2D eigenvalue weighted by molar-refractivity contribution is 9.10. The van der Waals surface area contributed by atoms with Crippen LogP contribution in [-0.4, -0.2) is 6.79 Å². The summed E-state index contributed by atoms with van der Waals surface area (Å²) in [7, 11) is 0. The Bertz CT molecular complexity index is 403. The van der Waals surface area contributed by atoms with Crippen molar-refractivity contribution >= 4 is 27.7 Å². The first-order chi connectivity index (χ1) is 6.81. The Labute approximate surface area is 94.1 Å². The monoisotopic (exact) mass is 271 g/mol. The molecule has 14 heavy (non-hydrogen) atoms. The van der Waals surface area contributed by atoms with Gasteiger partial charge in [0.2, 0.25) is 6.79 Å². The van der Waals surface area contributed by atoms with E-state index in [4.69, 9.17) is 14.7 Å². The molecule has 0 atom stereocenters. The summed E-state index contributed by atoms with van der Waals surface area (Å²) in [4.78, 5) is 0. The van der Waals surface area contributed by atoms with Crippen LogP contribution in [0.4, 0.5) is 0 Å². The zero-order valence-corrected chi connectivity index (χ0v) is 9.52. The topological polar surface area (TPSA) is 42.2 Å². The molecule has 0 unspecified atom stereocenters. The Kier molecular flexibility index (Phi) is 2.85. The SMILES string of the molecule is N#CSCc1cc2c(cc1Br)OCO2. The molecule has 0 aliphatic carbocycles. The van der Waals surface area contributed by atoms with Crippen molar-refractivity contribution in [2.24, 2.45) is 0 Å². The minimum Gasteiger partial charge on any atom is -0.454 e. The number of nitriles is 1. The van der Waals surface area contributed by atoms with Gasteiger partial charge in [0.05, 0.1) is 0 Å². The molecule has 1 aliphatic heterocycles. The molecule has 5 heteroatoms. The molecule has 0 bridgehead atoms. The molecule has 0 spiro atoms. The summed E-state index contributed by atoms with van der Waals surface area (Å²) in [6.45, 7) is 0.274. The first-order valence-electron chi connectivity index (χ1n) is 3.90. The van der Waals surface area contributed by atoms with Gasteiger partial charge in [0.1, 0.15) is 5.40 Å². The van der Waals surface area contributed by atoms with E-state index < -0.39 is 0 Å². The van der Waals surface area contributed by atoms with Gasteiger partial charge in [-0.2, -0.15) is 5.26 Å². The first-order valence-corrected chi connectivity index (χ1v) is 5.68. The standard InChI is InChI=1S/C9H6BrNO2S/c10-7-2-9-8(12-5-13-9)1-6(7)3-14-4-11/h1-2H,3,5H2. The van der Waals surface area contributed by atoms with Crippen molar-refractivity contribution in [3.63, 3.8) is 0 Å². The van der Waals surface area contributed by atoms with E-state index in [2.05, 4.69) is 15.9 Å². The number of ether oxygens (including phenoxy) is 2. The summed E-state index contributed by atoms with van der Waals surface area (Å²) in [6.07, 6.45) is 0. The lowest BCUT2D eigenvalue weighted by molar-refractivity contribution is 0.174. The van der Waals surface area contributed by atoms with Crippen molar-refractivity contribution in [3.8, 4) is 16.9 Å². The molecule has 0 radical (unpaired) electrons. The van der Waals surface area contributed by atoms with Crippen molar-refractivity contribution in [3.05, 3.63) is 22.2 Å². The number of thiocyanates is 1. The Morgan fingerprint density at radius 1 is 1.43 bits per heavy atom. The van der Waals surface area contributed by atoms with Crippen LogP contribution in [0.15, 0.2) is 16.6 Å². The minimum atomic E-state index is 0.274. The average Bonchev–Trinajstić information content (AvgIpc) is 2.61. The number of nitrogens with zero attached hydrogens (tertiary/aromatic N) is 1. The van der Waals surface area contributed by atoms with Gasteiger partial charge in [0.15, 0.2) is 11.5 Å². The van der Waals surface area contributed by atoms with Gasteiger partial charge in [0.25, 0.3) is 0 Å². The zero-order valence-electron chi connectivity index (χ0n) is 7.12. The third-order valence-corrected chi connectivity index (χ3v) is 3.16. The molecule has 2 rings (SSSR count). The second kappa shape index (κ2) is 4.11. The fourth-order valence-corrected chi connectivity index (χ4v) is 2.29. The molecule has 1 heterocycles. The van der Waals surface area contributed by atoms with Crippen LogP contribution in [0.2, 0.25) is 0 Å². The lowest BCUT2D eigenvalue weighted by Gasteiger charge is -2.03. The number of halogens is 1. The van der Waals surface area contributed by atoms with E-state index in [0.29, 0.717) is 5.75 Å². The minimum absolute atomic E-state index is 0.274. The predicted molar refractivity (Wildman–Crippen MR) is 57.2 cm³/mol. The van der Waals surface area contributed by atoms with Gasteiger partial charge in [-0.05, 0) is 29.5 Å². The quantitative estimate of drug-likeness (QED) is 0.776. The van der Waals surface area contributed by atoms with E-state index in [-0.39, 0.29) is 6.79 Å². The maximum atomic E-state index is 8.45. The predicted octanol–water partition coefficient (Wildman–Crippen LogP) is 2.89. The summed E-state index contributed by atoms with van der Waals surface area (Å²) in [5.41, 5.74) is 1.04. The molecule has 0 saturated carbocycles. The van der Waals surface area contributed by atoms with E-state index in [9.17, 15) is 0 Å². The number of rotatable bonds is 2.